The van der Waals surface area contributed by atoms with E-state index in [2.05, 4.69) is 0 Å². The average Bonchev–Trinajstić information content (AvgIpc) is 3.02. The summed E-state index contributed by atoms with van der Waals surface area (Å²) >= 11 is 0. The zero-order chi connectivity index (χ0) is 23.4. The lowest BCUT2D eigenvalue weighted by molar-refractivity contribution is -0.0764. The molecule has 0 radical (unpaired) electrons. The molecule has 0 spiro atoms. The van der Waals surface area contributed by atoms with Gasteiger partial charge in [0.05, 0.1) is 5.60 Å². The van der Waals surface area contributed by atoms with E-state index in [-0.39, 0.29) is 28.2 Å². The van der Waals surface area contributed by atoms with Crippen molar-refractivity contribution in [2.45, 2.75) is 51.9 Å². The molecule has 2 aromatic carbocycles. The second kappa shape index (κ2) is 7.69. The van der Waals surface area contributed by atoms with Gasteiger partial charge in [-0.2, -0.15) is 0 Å². The molecule has 168 valence electrons. The summed E-state index contributed by atoms with van der Waals surface area (Å²) in [7, 11) is 0. The summed E-state index contributed by atoms with van der Waals surface area (Å²) < 4.78 is 11.8. The van der Waals surface area contributed by atoms with E-state index in [0.717, 1.165) is 17.2 Å². The fourth-order valence-corrected chi connectivity index (χ4v) is 3.97. The first-order valence-electron chi connectivity index (χ1n) is 10.3. The van der Waals surface area contributed by atoms with Crippen LogP contribution in [0.1, 0.15) is 44.9 Å². The van der Waals surface area contributed by atoms with Crippen LogP contribution in [0.25, 0.3) is 22.3 Å². The summed E-state index contributed by atoms with van der Waals surface area (Å²) in [4.78, 5) is 12.7. The molecular weight excluding hydrogens is 412 g/mol. The SMILES string of the molecule is CC(C)=CCc1cc(-c2cc(=O)c3c(O)cc(O)cc3o2)cc2c1O[C@H](C(C)(C)O)[C@H]2O. The normalized spacial score (nSPS) is 17.8. The van der Waals surface area contributed by atoms with Crippen molar-refractivity contribution in [3.8, 4) is 28.6 Å². The quantitative estimate of drug-likeness (QED) is 0.455. The first-order valence-corrected chi connectivity index (χ1v) is 10.3. The van der Waals surface area contributed by atoms with Gasteiger partial charge in [-0.05, 0) is 51.8 Å². The first-order chi connectivity index (χ1) is 15.0. The van der Waals surface area contributed by atoms with E-state index in [1.807, 2.05) is 26.0 Å². The van der Waals surface area contributed by atoms with E-state index >= 15 is 0 Å². The van der Waals surface area contributed by atoms with E-state index in [9.17, 15) is 25.2 Å². The van der Waals surface area contributed by atoms with Crippen LogP contribution in [0.5, 0.6) is 17.2 Å². The average molecular weight is 438 g/mol. The Bertz CT molecular complexity index is 1290. The van der Waals surface area contributed by atoms with Gasteiger partial charge in [0.25, 0.3) is 0 Å². The van der Waals surface area contributed by atoms with Gasteiger partial charge in [-0.25, -0.2) is 0 Å². The zero-order valence-corrected chi connectivity index (χ0v) is 18.3. The smallest absolute Gasteiger partial charge is 0.197 e. The van der Waals surface area contributed by atoms with Crippen LogP contribution < -0.4 is 10.2 Å². The third kappa shape index (κ3) is 3.85. The van der Waals surface area contributed by atoms with Crippen molar-refractivity contribution >= 4 is 11.0 Å². The highest BCUT2D eigenvalue weighted by Crippen LogP contribution is 2.45. The van der Waals surface area contributed by atoms with Gasteiger partial charge in [0, 0.05) is 29.3 Å². The van der Waals surface area contributed by atoms with E-state index < -0.39 is 23.2 Å². The van der Waals surface area contributed by atoms with E-state index in [4.69, 9.17) is 9.15 Å². The molecule has 1 aliphatic heterocycles. The molecule has 0 fully saturated rings. The van der Waals surface area contributed by atoms with Gasteiger partial charge in [0.1, 0.15) is 40.1 Å². The molecule has 3 aromatic rings. The second-order valence-corrected chi connectivity index (χ2v) is 8.99. The monoisotopic (exact) mass is 438 g/mol. The molecule has 0 saturated carbocycles. The summed E-state index contributed by atoms with van der Waals surface area (Å²) in [6, 6.07) is 7.09. The third-order valence-corrected chi connectivity index (χ3v) is 5.55. The van der Waals surface area contributed by atoms with Crippen LogP contribution in [-0.2, 0) is 6.42 Å². The maximum atomic E-state index is 12.7. The number of aliphatic hydroxyl groups is 2. The molecule has 0 bridgehead atoms. The molecule has 32 heavy (non-hydrogen) atoms. The Kier molecular flexibility index (Phi) is 5.27. The van der Waals surface area contributed by atoms with Crippen molar-refractivity contribution in [2.24, 2.45) is 0 Å². The van der Waals surface area contributed by atoms with Gasteiger partial charge in [0.2, 0.25) is 0 Å². The molecule has 0 saturated heterocycles. The molecule has 2 heterocycles. The number of allylic oxidation sites excluding steroid dienone is 2. The van der Waals surface area contributed by atoms with Crippen LogP contribution in [0.3, 0.4) is 0 Å². The first kappa shape index (κ1) is 21.9. The minimum atomic E-state index is -1.28. The molecule has 4 rings (SSSR count). The number of aliphatic hydroxyl groups excluding tert-OH is 1. The van der Waals surface area contributed by atoms with Crippen LogP contribution in [0.2, 0.25) is 0 Å². The lowest BCUT2D eigenvalue weighted by Gasteiger charge is -2.27. The lowest BCUT2D eigenvalue weighted by Crippen LogP contribution is -2.41. The summed E-state index contributed by atoms with van der Waals surface area (Å²) in [5.41, 5.74) is 1.20. The molecule has 1 aliphatic rings. The molecule has 0 amide bonds. The van der Waals surface area contributed by atoms with Crippen molar-refractivity contribution in [3.63, 3.8) is 0 Å². The van der Waals surface area contributed by atoms with E-state index in [0.29, 0.717) is 23.3 Å². The molecule has 7 heteroatoms. The highest BCUT2D eigenvalue weighted by molar-refractivity contribution is 5.86. The van der Waals surface area contributed by atoms with E-state index in [1.54, 1.807) is 19.9 Å². The van der Waals surface area contributed by atoms with Gasteiger partial charge in [-0.15, -0.1) is 0 Å². The highest BCUT2D eigenvalue weighted by atomic mass is 16.5. The summed E-state index contributed by atoms with van der Waals surface area (Å²) in [5, 5.41) is 41.1. The third-order valence-electron chi connectivity index (χ3n) is 5.55. The van der Waals surface area contributed by atoms with Crippen molar-refractivity contribution in [2.75, 3.05) is 0 Å². The molecule has 4 N–H and O–H groups in total. The number of fused-ring (bicyclic) bond motifs is 2. The highest BCUT2D eigenvalue weighted by Gasteiger charge is 2.43. The molecule has 0 aliphatic carbocycles. The van der Waals surface area contributed by atoms with Crippen LogP contribution >= 0.6 is 0 Å². The van der Waals surface area contributed by atoms with Gasteiger partial charge in [-0.1, -0.05) is 11.6 Å². The molecule has 7 nitrogen and oxygen atoms in total. The number of aromatic hydroxyl groups is 2. The number of hydrogen-bond acceptors (Lipinski definition) is 7. The molecule has 2 atom stereocenters. The van der Waals surface area contributed by atoms with E-state index in [1.165, 1.54) is 12.1 Å². The van der Waals surface area contributed by atoms with Crippen molar-refractivity contribution in [3.05, 3.63) is 63.3 Å². The molecule has 1 aromatic heterocycles. The van der Waals surface area contributed by atoms with Crippen LogP contribution in [0, 0.1) is 0 Å². The Morgan fingerprint density at radius 1 is 1.12 bits per heavy atom. The van der Waals surface area contributed by atoms with Crippen LogP contribution in [0.15, 0.2) is 51.2 Å². The predicted molar refractivity (Wildman–Crippen MR) is 120 cm³/mol. The fraction of sp³-hybridized carbons (Fsp3) is 0.320. The van der Waals surface area contributed by atoms with Gasteiger partial charge in [0.15, 0.2) is 11.5 Å². The Balaban J connectivity index is 1.92. The number of hydrogen-bond donors (Lipinski definition) is 4. The Hall–Kier alpha value is -3.29. The summed E-state index contributed by atoms with van der Waals surface area (Å²) in [5.74, 6) is 0.123. The standard InChI is InChI=1S/C25H26O7/c1-12(2)5-6-13-7-14(8-16-22(29)24(25(3,4)30)32-23(13)16)19-11-18(28)21-17(27)9-15(26)10-20(21)31-19/h5,7-11,22,24,26-27,29-30H,6H2,1-4H3/t22-,24-/m0/s1. The van der Waals surface area contributed by atoms with Crippen molar-refractivity contribution < 1.29 is 29.6 Å². The minimum absolute atomic E-state index is 0.0251. The Morgan fingerprint density at radius 2 is 1.84 bits per heavy atom. The summed E-state index contributed by atoms with van der Waals surface area (Å²) in [6.07, 6.45) is 0.605. The zero-order valence-electron chi connectivity index (χ0n) is 18.3. The van der Waals surface area contributed by atoms with Gasteiger partial charge in [-0.3, -0.25) is 4.79 Å². The van der Waals surface area contributed by atoms with Gasteiger partial charge >= 0.3 is 0 Å². The second-order valence-electron chi connectivity index (χ2n) is 8.99. The van der Waals surface area contributed by atoms with Crippen molar-refractivity contribution in [1.82, 2.24) is 0 Å². The number of rotatable bonds is 4. The van der Waals surface area contributed by atoms with Gasteiger partial charge < -0.3 is 29.6 Å². The Labute approximate surface area is 184 Å². The topological polar surface area (TPSA) is 120 Å². The maximum Gasteiger partial charge on any atom is 0.197 e. The maximum absolute atomic E-state index is 12.7. The Morgan fingerprint density at radius 3 is 2.50 bits per heavy atom. The number of phenols is 2. The molecular formula is C25H26O7. The summed E-state index contributed by atoms with van der Waals surface area (Å²) in [6.45, 7) is 7.09. The number of phenolic OH excluding ortho intramolecular Hbond substituents is 2. The van der Waals surface area contributed by atoms with Crippen LogP contribution in [0.4, 0.5) is 0 Å². The lowest BCUT2D eigenvalue weighted by atomic mass is 9.92. The fourth-order valence-electron chi connectivity index (χ4n) is 3.97. The number of ether oxygens (including phenoxy) is 1. The largest absolute Gasteiger partial charge is 0.508 e. The number of benzene rings is 2. The molecule has 0 unspecified atom stereocenters. The van der Waals surface area contributed by atoms with Crippen molar-refractivity contribution in [1.29, 1.82) is 0 Å². The minimum Gasteiger partial charge on any atom is -0.508 e. The predicted octanol–water partition coefficient (Wildman–Crippen LogP) is 3.95. The van der Waals surface area contributed by atoms with Crippen LogP contribution in [-0.4, -0.2) is 32.1 Å².